The molecule has 1 aliphatic heterocycles. The van der Waals surface area contributed by atoms with Crippen molar-refractivity contribution in [1.82, 2.24) is 24.6 Å². The first-order chi connectivity index (χ1) is 14.6. The van der Waals surface area contributed by atoms with E-state index in [0.29, 0.717) is 46.7 Å². The van der Waals surface area contributed by atoms with Crippen molar-refractivity contribution >= 4 is 40.3 Å². The van der Waals surface area contributed by atoms with Crippen LogP contribution in [0.4, 0.5) is 0 Å². The van der Waals surface area contributed by atoms with Crippen LogP contribution in [0.3, 0.4) is 0 Å². The molecule has 1 aromatic carbocycles. The standard InChI is InChI=1S/C20H22ClN5O3S/c1-2-29-9-3-8-22-17(27)10-15-12-30-20-24-18-16(19(28)25(15)20)11-23-26(18)14-6-4-13(21)5-7-14/h4-7,11,15H,2-3,8-10,12H2,1H3,(H,22,27). The number of rotatable bonds is 8. The third-order valence-corrected chi connectivity index (χ3v) is 6.20. The molecule has 0 aliphatic carbocycles. The SMILES string of the molecule is CCOCCCNC(=O)CC1CSc2nc3c(cnn3-c3ccc(Cl)cc3)c(=O)n21. The summed E-state index contributed by atoms with van der Waals surface area (Å²) in [5, 5.41) is 8.90. The van der Waals surface area contributed by atoms with Crippen molar-refractivity contribution in [3.8, 4) is 5.69 Å². The summed E-state index contributed by atoms with van der Waals surface area (Å²) < 4.78 is 8.53. The Bertz CT molecular complexity index is 1110. The van der Waals surface area contributed by atoms with E-state index in [-0.39, 0.29) is 23.9 Å². The second kappa shape index (κ2) is 9.20. The van der Waals surface area contributed by atoms with Gasteiger partial charge in [-0.15, -0.1) is 0 Å². The van der Waals surface area contributed by atoms with Gasteiger partial charge in [0.25, 0.3) is 5.56 Å². The molecule has 0 spiro atoms. The van der Waals surface area contributed by atoms with Crippen LogP contribution in [0.25, 0.3) is 16.7 Å². The molecule has 3 aromatic rings. The van der Waals surface area contributed by atoms with Crippen LogP contribution in [-0.2, 0) is 9.53 Å². The Labute approximate surface area is 182 Å². The minimum Gasteiger partial charge on any atom is -0.382 e. The number of fused-ring (bicyclic) bond motifs is 2. The minimum absolute atomic E-state index is 0.0752. The van der Waals surface area contributed by atoms with Gasteiger partial charge in [0.1, 0.15) is 5.39 Å². The maximum absolute atomic E-state index is 13.1. The van der Waals surface area contributed by atoms with Crippen LogP contribution in [0.1, 0.15) is 25.8 Å². The highest BCUT2D eigenvalue weighted by Gasteiger charge is 2.29. The quantitative estimate of drug-likeness (QED) is 0.421. The number of benzene rings is 1. The first kappa shape index (κ1) is 20.9. The average molecular weight is 448 g/mol. The zero-order valence-corrected chi connectivity index (χ0v) is 18.1. The Hall–Kier alpha value is -2.36. The number of nitrogens with one attached hydrogen (secondary N) is 1. The Morgan fingerprint density at radius 3 is 2.93 bits per heavy atom. The maximum atomic E-state index is 13.1. The monoisotopic (exact) mass is 447 g/mol. The number of carbonyl (C=O) groups is 1. The molecule has 1 amide bonds. The smallest absolute Gasteiger partial charge is 0.265 e. The molecule has 4 rings (SSSR count). The summed E-state index contributed by atoms with van der Waals surface area (Å²) in [6, 6.07) is 6.96. The summed E-state index contributed by atoms with van der Waals surface area (Å²) >= 11 is 7.45. The second-order valence-corrected chi connectivity index (χ2v) is 8.33. The largest absolute Gasteiger partial charge is 0.382 e. The molecule has 10 heteroatoms. The molecule has 0 saturated carbocycles. The Morgan fingerprint density at radius 1 is 1.37 bits per heavy atom. The van der Waals surface area contributed by atoms with E-state index in [9.17, 15) is 9.59 Å². The van der Waals surface area contributed by atoms with Crippen LogP contribution in [0.5, 0.6) is 0 Å². The van der Waals surface area contributed by atoms with Crippen molar-refractivity contribution in [2.24, 2.45) is 0 Å². The Kier molecular flexibility index (Phi) is 6.40. The normalized spacial score (nSPS) is 15.5. The van der Waals surface area contributed by atoms with Crippen LogP contribution < -0.4 is 10.9 Å². The van der Waals surface area contributed by atoms with Gasteiger partial charge in [0, 0.05) is 37.0 Å². The summed E-state index contributed by atoms with van der Waals surface area (Å²) in [6.07, 6.45) is 2.54. The summed E-state index contributed by atoms with van der Waals surface area (Å²) in [5.41, 5.74) is 1.11. The van der Waals surface area contributed by atoms with Crippen molar-refractivity contribution in [3.63, 3.8) is 0 Å². The van der Waals surface area contributed by atoms with Gasteiger partial charge in [-0.05, 0) is 37.6 Å². The number of aromatic nitrogens is 4. The molecule has 0 radical (unpaired) electrons. The van der Waals surface area contributed by atoms with E-state index in [1.54, 1.807) is 21.4 Å². The number of halogens is 1. The minimum atomic E-state index is -0.222. The van der Waals surface area contributed by atoms with Crippen molar-refractivity contribution in [3.05, 3.63) is 45.8 Å². The highest BCUT2D eigenvalue weighted by Crippen LogP contribution is 2.33. The van der Waals surface area contributed by atoms with Gasteiger partial charge in [0.05, 0.1) is 17.9 Å². The molecule has 3 heterocycles. The molecule has 2 aromatic heterocycles. The number of ether oxygens (including phenoxy) is 1. The van der Waals surface area contributed by atoms with Gasteiger partial charge in [-0.25, -0.2) is 9.67 Å². The zero-order valence-electron chi connectivity index (χ0n) is 16.5. The van der Waals surface area contributed by atoms with E-state index in [2.05, 4.69) is 15.4 Å². The third-order valence-electron chi connectivity index (χ3n) is 4.85. The van der Waals surface area contributed by atoms with Gasteiger partial charge in [0.2, 0.25) is 5.91 Å². The molecule has 0 fully saturated rings. The van der Waals surface area contributed by atoms with Gasteiger partial charge >= 0.3 is 0 Å². The molecule has 0 bridgehead atoms. The van der Waals surface area contributed by atoms with Crippen LogP contribution in [-0.4, -0.2) is 50.8 Å². The lowest BCUT2D eigenvalue weighted by molar-refractivity contribution is -0.121. The molecular weight excluding hydrogens is 426 g/mol. The summed E-state index contributed by atoms with van der Waals surface area (Å²) in [5.74, 6) is 0.559. The van der Waals surface area contributed by atoms with Gasteiger partial charge in [-0.3, -0.25) is 14.2 Å². The second-order valence-electron chi connectivity index (χ2n) is 6.91. The van der Waals surface area contributed by atoms with Crippen LogP contribution in [0, 0.1) is 0 Å². The number of hydrogen-bond donors (Lipinski definition) is 1. The molecule has 158 valence electrons. The van der Waals surface area contributed by atoms with Crippen molar-refractivity contribution in [2.45, 2.75) is 31.0 Å². The van der Waals surface area contributed by atoms with Crippen LogP contribution in [0.15, 0.2) is 40.4 Å². The number of hydrogen-bond acceptors (Lipinski definition) is 6. The fraction of sp³-hybridized carbons (Fsp3) is 0.400. The summed E-state index contributed by atoms with van der Waals surface area (Å²) in [6.45, 7) is 3.79. The van der Waals surface area contributed by atoms with Crippen molar-refractivity contribution in [1.29, 1.82) is 0 Å². The van der Waals surface area contributed by atoms with Gasteiger partial charge in [0.15, 0.2) is 10.8 Å². The highest BCUT2D eigenvalue weighted by molar-refractivity contribution is 7.99. The molecule has 30 heavy (non-hydrogen) atoms. The molecule has 1 unspecified atom stereocenters. The Morgan fingerprint density at radius 2 is 2.17 bits per heavy atom. The van der Waals surface area contributed by atoms with E-state index in [0.717, 1.165) is 12.1 Å². The van der Waals surface area contributed by atoms with Gasteiger partial charge in [-0.2, -0.15) is 5.10 Å². The maximum Gasteiger partial charge on any atom is 0.265 e. The number of thioether (sulfide) groups is 1. The molecule has 1 N–H and O–H groups in total. The highest BCUT2D eigenvalue weighted by atomic mass is 35.5. The average Bonchev–Trinajstić information content (AvgIpc) is 3.34. The summed E-state index contributed by atoms with van der Waals surface area (Å²) in [7, 11) is 0. The van der Waals surface area contributed by atoms with E-state index in [1.165, 1.54) is 18.0 Å². The molecule has 1 aliphatic rings. The van der Waals surface area contributed by atoms with E-state index in [1.807, 2.05) is 19.1 Å². The number of amides is 1. The van der Waals surface area contributed by atoms with Crippen molar-refractivity contribution in [2.75, 3.05) is 25.5 Å². The number of carbonyl (C=O) groups excluding carboxylic acids is 1. The van der Waals surface area contributed by atoms with Gasteiger partial charge < -0.3 is 10.1 Å². The molecular formula is C20H22ClN5O3S. The Balaban J connectivity index is 1.53. The summed E-state index contributed by atoms with van der Waals surface area (Å²) in [4.78, 5) is 30.1. The lowest BCUT2D eigenvalue weighted by Crippen LogP contribution is -2.31. The van der Waals surface area contributed by atoms with Gasteiger partial charge in [-0.1, -0.05) is 23.4 Å². The van der Waals surface area contributed by atoms with E-state index >= 15 is 0 Å². The fourth-order valence-corrected chi connectivity index (χ4v) is 4.64. The van der Waals surface area contributed by atoms with Crippen LogP contribution >= 0.6 is 23.4 Å². The third kappa shape index (κ3) is 4.23. The topological polar surface area (TPSA) is 91.0 Å². The van der Waals surface area contributed by atoms with Crippen LogP contribution in [0.2, 0.25) is 5.02 Å². The molecule has 0 saturated heterocycles. The van der Waals surface area contributed by atoms with E-state index < -0.39 is 0 Å². The predicted molar refractivity (Wildman–Crippen MR) is 117 cm³/mol. The lowest BCUT2D eigenvalue weighted by Gasteiger charge is -2.13. The molecule has 8 nitrogen and oxygen atoms in total. The molecule has 1 atom stereocenters. The predicted octanol–water partition coefficient (Wildman–Crippen LogP) is 2.82. The van der Waals surface area contributed by atoms with Crippen molar-refractivity contribution < 1.29 is 9.53 Å². The van der Waals surface area contributed by atoms with E-state index in [4.69, 9.17) is 16.3 Å². The first-order valence-electron chi connectivity index (χ1n) is 9.82. The fourth-order valence-electron chi connectivity index (χ4n) is 3.38. The lowest BCUT2D eigenvalue weighted by atomic mass is 10.2. The zero-order chi connectivity index (χ0) is 21.1. The first-order valence-corrected chi connectivity index (χ1v) is 11.2. The number of nitrogens with zero attached hydrogens (tertiary/aromatic N) is 4.